The van der Waals surface area contributed by atoms with Crippen molar-refractivity contribution in [1.82, 2.24) is 4.57 Å². The number of imidazole rings is 1. The number of primary amides is 1. The van der Waals surface area contributed by atoms with Gasteiger partial charge in [0.25, 0.3) is 5.82 Å². The first-order chi connectivity index (χ1) is 13.6. The van der Waals surface area contributed by atoms with Crippen LogP contribution in [0.4, 0.5) is 0 Å². The van der Waals surface area contributed by atoms with E-state index in [9.17, 15) is 4.79 Å². The van der Waals surface area contributed by atoms with E-state index in [-0.39, 0.29) is 29.9 Å². The summed E-state index contributed by atoms with van der Waals surface area (Å²) in [7, 11) is 0. The molecule has 1 aromatic heterocycles. The molecule has 0 aliphatic heterocycles. The van der Waals surface area contributed by atoms with Gasteiger partial charge >= 0.3 is 0 Å². The molecular formula is C24H30IN3O. The molecule has 2 N–H and O–H groups in total. The Hall–Kier alpha value is -2.15. The van der Waals surface area contributed by atoms with E-state index in [0.717, 1.165) is 30.6 Å². The first kappa shape index (κ1) is 23.1. The lowest BCUT2D eigenvalue weighted by atomic mass is 9.71. The van der Waals surface area contributed by atoms with Crippen LogP contribution in [0, 0.1) is 6.92 Å². The Kier molecular flexibility index (Phi) is 8.44. The Bertz CT molecular complexity index is 867. The predicted molar refractivity (Wildman–Crippen MR) is 112 cm³/mol. The monoisotopic (exact) mass is 503 g/mol. The minimum absolute atomic E-state index is 0. The summed E-state index contributed by atoms with van der Waals surface area (Å²) >= 11 is 0. The maximum Gasteiger partial charge on any atom is 0.253 e. The van der Waals surface area contributed by atoms with Crippen molar-refractivity contribution in [1.29, 1.82) is 0 Å². The van der Waals surface area contributed by atoms with E-state index in [1.165, 1.54) is 12.2 Å². The second-order valence-corrected chi connectivity index (χ2v) is 7.34. The normalized spacial score (nSPS) is 11.1. The zero-order valence-electron chi connectivity index (χ0n) is 17.2. The molecule has 0 unspecified atom stereocenters. The summed E-state index contributed by atoms with van der Waals surface area (Å²) in [4.78, 5) is 12.9. The number of hydrogen-bond acceptors (Lipinski definition) is 1. The number of nitrogens with zero attached hydrogens (tertiary/aromatic N) is 2. The highest BCUT2D eigenvalue weighted by Crippen LogP contribution is 2.36. The lowest BCUT2D eigenvalue weighted by molar-refractivity contribution is -0.702. The Balaban J connectivity index is 0.00000300. The van der Waals surface area contributed by atoms with Gasteiger partial charge in [0.05, 0.1) is 13.1 Å². The van der Waals surface area contributed by atoms with Gasteiger partial charge in [-0.2, -0.15) is 0 Å². The first-order valence-corrected chi connectivity index (χ1v) is 10.1. The third-order valence-corrected chi connectivity index (χ3v) is 5.69. The molecule has 1 heterocycles. The molecule has 4 nitrogen and oxygen atoms in total. The van der Waals surface area contributed by atoms with Crippen LogP contribution in [-0.4, -0.2) is 10.5 Å². The first-order valence-electron chi connectivity index (χ1n) is 10.1. The highest BCUT2D eigenvalue weighted by atomic mass is 127. The fourth-order valence-corrected chi connectivity index (χ4v) is 3.94. The number of aromatic nitrogens is 2. The summed E-state index contributed by atoms with van der Waals surface area (Å²) in [6.07, 6.45) is 7.17. The van der Waals surface area contributed by atoms with E-state index < -0.39 is 5.41 Å². The van der Waals surface area contributed by atoms with Crippen molar-refractivity contribution in [3.05, 3.63) is 90.0 Å². The number of benzene rings is 2. The van der Waals surface area contributed by atoms with Gasteiger partial charge in [0, 0.05) is 13.3 Å². The molecule has 0 spiro atoms. The Morgan fingerprint density at radius 2 is 1.59 bits per heavy atom. The molecule has 0 bridgehead atoms. The Morgan fingerprint density at radius 3 is 2.07 bits per heavy atom. The standard InChI is InChI=1S/C24H29N3O.HI/c1-3-4-16-26-18-19-27(20(26)2)17-15-24(23(25)28,21-11-7-5-8-12-21)22-13-9-6-10-14-22;/h5-14,18-19H,3-4,15-17H2,1-2H3,(H-,25,28);1H. The van der Waals surface area contributed by atoms with Crippen LogP contribution in [0.1, 0.15) is 43.1 Å². The molecule has 1 amide bonds. The molecule has 0 fully saturated rings. The van der Waals surface area contributed by atoms with E-state index in [1.54, 1.807) is 0 Å². The summed E-state index contributed by atoms with van der Waals surface area (Å²) in [6.45, 7) is 6.08. The van der Waals surface area contributed by atoms with Crippen LogP contribution in [0.5, 0.6) is 0 Å². The van der Waals surface area contributed by atoms with E-state index in [4.69, 9.17) is 5.73 Å². The zero-order valence-corrected chi connectivity index (χ0v) is 19.4. The predicted octanol–water partition coefficient (Wildman–Crippen LogP) is 0.750. The number of nitrogens with two attached hydrogens (primary N) is 1. The van der Waals surface area contributed by atoms with Gasteiger partial charge in [0.15, 0.2) is 0 Å². The van der Waals surface area contributed by atoms with E-state index >= 15 is 0 Å². The van der Waals surface area contributed by atoms with Gasteiger partial charge in [-0.25, -0.2) is 9.13 Å². The summed E-state index contributed by atoms with van der Waals surface area (Å²) < 4.78 is 4.50. The molecular weight excluding hydrogens is 473 g/mol. The highest BCUT2D eigenvalue weighted by molar-refractivity contribution is 5.90. The topological polar surface area (TPSA) is 51.9 Å². The van der Waals surface area contributed by atoms with Gasteiger partial charge < -0.3 is 29.7 Å². The van der Waals surface area contributed by atoms with E-state index in [1.807, 2.05) is 60.7 Å². The van der Waals surface area contributed by atoms with Crippen LogP contribution in [0.3, 0.4) is 0 Å². The van der Waals surface area contributed by atoms with Crippen LogP contribution < -0.4 is 34.3 Å². The molecule has 0 atom stereocenters. The SMILES string of the molecule is CCCC[n+]1ccn(CCC(C(N)=O)(c2ccccc2)c2ccccc2)c1C.[I-]. The van der Waals surface area contributed by atoms with Gasteiger partial charge in [-0.1, -0.05) is 74.0 Å². The Morgan fingerprint density at radius 1 is 1.03 bits per heavy atom. The largest absolute Gasteiger partial charge is 1.00 e. The number of unbranched alkanes of at least 4 members (excludes halogenated alkanes) is 1. The second kappa shape index (κ2) is 10.6. The number of carbonyl (C=O) groups is 1. The molecule has 0 aliphatic carbocycles. The average Bonchev–Trinajstić information content (AvgIpc) is 3.08. The van der Waals surface area contributed by atoms with E-state index in [2.05, 4.69) is 35.4 Å². The molecule has 5 heteroatoms. The van der Waals surface area contributed by atoms with Crippen molar-refractivity contribution in [3.8, 4) is 0 Å². The van der Waals surface area contributed by atoms with Crippen molar-refractivity contribution in [2.24, 2.45) is 5.73 Å². The number of halogens is 1. The van der Waals surface area contributed by atoms with Crippen molar-refractivity contribution in [2.75, 3.05) is 0 Å². The lowest BCUT2D eigenvalue weighted by Crippen LogP contribution is -3.00. The smallest absolute Gasteiger partial charge is 0.253 e. The summed E-state index contributed by atoms with van der Waals surface area (Å²) in [5.74, 6) is 0.890. The number of hydrogen-bond donors (Lipinski definition) is 1. The van der Waals surface area contributed by atoms with Gasteiger partial charge in [0.1, 0.15) is 17.8 Å². The molecule has 29 heavy (non-hydrogen) atoms. The third kappa shape index (κ3) is 4.89. The van der Waals surface area contributed by atoms with Crippen molar-refractivity contribution in [3.63, 3.8) is 0 Å². The van der Waals surface area contributed by atoms with Gasteiger partial charge in [0.2, 0.25) is 5.91 Å². The van der Waals surface area contributed by atoms with Crippen LogP contribution >= 0.6 is 0 Å². The second-order valence-electron chi connectivity index (χ2n) is 7.34. The number of rotatable bonds is 9. The van der Waals surface area contributed by atoms with Crippen LogP contribution in [0.2, 0.25) is 0 Å². The molecule has 0 saturated carbocycles. The van der Waals surface area contributed by atoms with Gasteiger partial charge in [-0.15, -0.1) is 0 Å². The molecule has 3 rings (SSSR count). The quantitative estimate of drug-likeness (QED) is 0.340. The minimum Gasteiger partial charge on any atom is -1.00 e. The number of aryl methyl sites for hydroxylation is 2. The molecule has 3 aromatic rings. The van der Waals surface area contributed by atoms with Gasteiger partial charge in [-0.05, 0) is 17.5 Å². The fourth-order valence-electron chi connectivity index (χ4n) is 3.94. The van der Waals surface area contributed by atoms with E-state index in [0.29, 0.717) is 6.42 Å². The molecule has 0 saturated heterocycles. The molecule has 0 aliphatic rings. The molecule has 2 aromatic carbocycles. The van der Waals surface area contributed by atoms with Crippen molar-refractivity contribution < 1.29 is 33.3 Å². The molecule has 154 valence electrons. The Labute approximate surface area is 190 Å². The number of carbonyl (C=O) groups excluding carboxylic acids is 1. The lowest BCUT2D eigenvalue weighted by Gasteiger charge is -2.31. The summed E-state index contributed by atoms with van der Waals surface area (Å²) in [6, 6.07) is 19.8. The maximum atomic E-state index is 12.9. The summed E-state index contributed by atoms with van der Waals surface area (Å²) in [5, 5.41) is 0. The zero-order chi connectivity index (χ0) is 20.0. The fraction of sp³-hybridized carbons (Fsp3) is 0.333. The average molecular weight is 503 g/mol. The van der Waals surface area contributed by atoms with Crippen LogP contribution in [0.25, 0.3) is 0 Å². The van der Waals surface area contributed by atoms with Crippen molar-refractivity contribution in [2.45, 2.75) is 51.6 Å². The van der Waals surface area contributed by atoms with Crippen LogP contribution in [-0.2, 0) is 23.3 Å². The van der Waals surface area contributed by atoms with Gasteiger partial charge in [-0.3, -0.25) is 4.79 Å². The highest BCUT2D eigenvalue weighted by Gasteiger charge is 2.40. The number of amides is 1. The maximum absolute atomic E-state index is 12.9. The minimum atomic E-state index is -0.854. The van der Waals surface area contributed by atoms with Crippen molar-refractivity contribution >= 4 is 5.91 Å². The summed E-state index contributed by atoms with van der Waals surface area (Å²) in [5.41, 5.74) is 7.09. The molecule has 0 radical (unpaired) electrons. The van der Waals surface area contributed by atoms with Crippen LogP contribution in [0.15, 0.2) is 73.1 Å². The third-order valence-electron chi connectivity index (χ3n) is 5.69.